The van der Waals surface area contributed by atoms with Crippen LogP contribution in [0, 0.1) is 6.92 Å². The molecular formula is C10H15BrN2O. The standard InChI is InChI=1S/C10H15BrN2O/c1-7-4-8(11)5-13(9(7)14)10(2,3)6-12/h4-5H,6,12H2,1-3H3. The summed E-state index contributed by atoms with van der Waals surface area (Å²) in [4.78, 5) is 11.8. The van der Waals surface area contributed by atoms with Gasteiger partial charge in [-0.15, -0.1) is 0 Å². The van der Waals surface area contributed by atoms with Crippen LogP contribution in [0.3, 0.4) is 0 Å². The molecule has 3 nitrogen and oxygen atoms in total. The van der Waals surface area contributed by atoms with Gasteiger partial charge in [0.15, 0.2) is 0 Å². The Morgan fingerprint density at radius 1 is 1.57 bits per heavy atom. The van der Waals surface area contributed by atoms with E-state index in [2.05, 4.69) is 15.9 Å². The molecule has 2 N–H and O–H groups in total. The number of pyridine rings is 1. The highest BCUT2D eigenvalue weighted by atomic mass is 79.9. The second-order valence-corrected chi connectivity index (χ2v) is 4.95. The van der Waals surface area contributed by atoms with Gasteiger partial charge in [-0.2, -0.15) is 0 Å². The molecule has 0 unspecified atom stereocenters. The summed E-state index contributed by atoms with van der Waals surface area (Å²) in [6.07, 6.45) is 1.78. The molecule has 0 saturated heterocycles. The summed E-state index contributed by atoms with van der Waals surface area (Å²) in [6.45, 7) is 6.12. The lowest BCUT2D eigenvalue weighted by atomic mass is 10.1. The fourth-order valence-corrected chi connectivity index (χ4v) is 1.77. The first kappa shape index (κ1) is 11.5. The molecular weight excluding hydrogens is 244 g/mol. The maximum atomic E-state index is 11.8. The van der Waals surface area contributed by atoms with Crippen LogP contribution in [-0.4, -0.2) is 11.1 Å². The van der Waals surface area contributed by atoms with E-state index in [-0.39, 0.29) is 11.1 Å². The van der Waals surface area contributed by atoms with Crippen molar-refractivity contribution >= 4 is 15.9 Å². The summed E-state index contributed by atoms with van der Waals surface area (Å²) >= 11 is 3.37. The predicted octanol–water partition coefficient (Wildman–Crippen LogP) is 1.61. The number of hydrogen-bond acceptors (Lipinski definition) is 2. The van der Waals surface area contributed by atoms with Gasteiger partial charge in [0.2, 0.25) is 0 Å². The van der Waals surface area contributed by atoms with Gasteiger partial charge in [-0.25, -0.2) is 0 Å². The monoisotopic (exact) mass is 258 g/mol. The Kier molecular flexibility index (Phi) is 3.17. The minimum absolute atomic E-state index is 0.0173. The van der Waals surface area contributed by atoms with Crippen LogP contribution >= 0.6 is 15.9 Å². The summed E-state index contributed by atoms with van der Waals surface area (Å²) in [5, 5.41) is 0. The molecule has 0 aliphatic heterocycles. The minimum Gasteiger partial charge on any atom is -0.328 e. The molecule has 1 heterocycles. The van der Waals surface area contributed by atoms with Crippen LogP contribution in [0.4, 0.5) is 0 Å². The van der Waals surface area contributed by atoms with Gasteiger partial charge in [-0.3, -0.25) is 4.79 Å². The third-order valence-electron chi connectivity index (χ3n) is 2.31. The molecule has 0 spiro atoms. The normalized spacial score (nSPS) is 11.8. The number of rotatable bonds is 2. The SMILES string of the molecule is Cc1cc(Br)cn(C(C)(C)CN)c1=O. The highest BCUT2D eigenvalue weighted by Crippen LogP contribution is 2.15. The van der Waals surface area contributed by atoms with E-state index in [1.54, 1.807) is 17.7 Å². The summed E-state index contributed by atoms with van der Waals surface area (Å²) < 4.78 is 2.57. The van der Waals surface area contributed by atoms with Crippen LogP contribution in [0.5, 0.6) is 0 Å². The first-order valence-corrected chi connectivity index (χ1v) is 5.27. The van der Waals surface area contributed by atoms with Gasteiger partial charge in [0.25, 0.3) is 5.56 Å². The highest BCUT2D eigenvalue weighted by Gasteiger charge is 2.19. The van der Waals surface area contributed by atoms with Crippen molar-refractivity contribution in [1.82, 2.24) is 4.57 Å². The number of hydrogen-bond donors (Lipinski definition) is 1. The molecule has 0 aromatic carbocycles. The molecule has 1 aromatic rings. The van der Waals surface area contributed by atoms with Gasteiger partial charge in [-0.1, -0.05) is 0 Å². The molecule has 0 bridgehead atoms. The zero-order chi connectivity index (χ0) is 10.9. The van der Waals surface area contributed by atoms with E-state index in [1.165, 1.54) is 0 Å². The van der Waals surface area contributed by atoms with Crippen LogP contribution in [-0.2, 0) is 5.54 Å². The first-order chi connectivity index (χ1) is 6.38. The van der Waals surface area contributed by atoms with Crippen LogP contribution < -0.4 is 11.3 Å². The Morgan fingerprint density at radius 2 is 2.14 bits per heavy atom. The maximum absolute atomic E-state index is 11.8. The van der Waals surface area contributed by atoms with Gasteiger partial charge in [0, 0.05) is 22.8 Å². The molecule has 0 radical (unpaired) electrons. The number of nitrogens with two attached hydrogens (primary N) is 1. The van der Waals surface area contributed by atoms with Gasteiger partial charge >= 0.3 is 0 Å². The lowest BCUT2D eigenvalue weighted by Gasteiger charge is -2.26. The van der Waals surface area contributed by atoms with E-state index in [9.17, 15) is 4.79 Å². The van der Waals surface area contributed by atoms with Crippen molar-refractivity contribution in [3.8, 4) is 0 Å². The molecule has 4 heteroatoms. The summed E-state index contributed by atoms with van der Waals surface area (Å²) in [7, 11) is 0. The van der Waals surface area contributed by atoms with Crippen LogP contribution in [0.15, 0.2) is 21.5 Å². The Balaban J connectivity index is 3.42. The topological polar surface area (TPSA) is 48.0 Å². The van der Waals surface area contributed by atoms with Crippen molar-refractivity contribution < 1.29 is 0 Å². The molecule has 78 valence electrons. The van der Waals surface area contributed by atoms with Gasteiger partial charge in [0.1, 0.15) is 0 Å². The molecule has 0 amide bonds. The molecule has 0 fully saturated rings. The van der Waals surface area contributed by atoms with Gasteiger partial charge < -0.3 is 10.3 Å². The third kappa shape index (κ3) is 2.07. The van der Waals surface area contributed by atoms with Crippen LogP contribution in [0.1, 0.15) is 19.4 Å². The lowest BCUT2D eigenvalue weighted by molar-refractivity contribution is 0.354. The van der Waals surface area contributed by atoms with Crippen molar-refractivity contribution in [2.45, 2.75) is 26.3 Å². The molecule has 1 rings (SSSR count). The first-order valence-electron chi connectivity index (χ1n) is 4.48. The molecule has 0 aliphatic carbocycles. The average Bonchev–Trinajstić information content (AvgIpc) is 2.11. The number of nitrogens with zero attached hydrogens (tertiary/aromatic N) is 1. The van der Waals surface area contributed by atoms with Crippen molar-refractivity contribution in [1.29, 1.82) is 0 Å². The fourth-order valence-electron chi connectivity index (χ4n) is 1.23. The second-order valence-electron chi connectivity index (χ2n) is 4.03. The molecule has 0 atom stereocenters. The Labute approximate surface area is 92.1 Å². The van der Waals surface area contributed by atoms with E-state index in [0.29, 0.717) is 6.54 Å². The summed E-state index contributed by atoms with van der Waals surface area (Å²) in [6, 6.07) is 1.81. The van der Waals surface area contributed by atoms with Crippen molar-refractivity contribution in [3.05, 3.63) is 32.7 Å². The molecule has 14 heavy (non-hydrogen) atoms. The zero-order valence-electron chi connectivity index (χ0n) is 8.67. The van der Waals surface area contributed by atoms with Crippen molar-refractivity contribution in [3.63, 3.8) is 0 Å². The Bertz CT molecular complexity index is 396. The Hall–Kier alpha value is -0.610. The molecule has 0 saturated carbocycles. The van der Waals surface area contributed by atoms with E-state index < -0.39 is 0 Å². The van der Waals surface area contributed by atoms with Crippen molar-refractivity contribution in [2.75, 3.05) is 6.54 Å². The smallest absolute Gasteiger partial charge is 0.254 e. The lowest BCUT2D eigenvalue weighted by Crippen LogP contribution is -2.42. The number of aryl methyl sites for hydroxylation is 1. The van der Waals surface area contributed by atoms with Gasteiger partial charge in [-0.05, 0) is 42.8 Å². The number of aromatic nitrogens is 1. The van der Waals surface area contributed by atoms with Gasteiger partial charge in [0.05, 0.1) is 5.54 Å². The minimum atomic E-state index is -0.342. The van der Waals surface area contributed by atoms with E-state index in [1.807, 2.05) is 19.9 Å². The summed E-state index contributed by atoms with van der Waals surface area (Å²) in [5.41, 5.74) is 6.03. The fraction of sp³-hybridized carbons (Fsp3) is 0.500. The number of halogens is 1. The Morgan fingerprint density at radius 3 is 2.64 bits per heavy atom. The van der Waals surface area contributed by atoms with Crippen LogP contribution in [0.2, 0.25) is 0 Å². The molecule has 0 aliphatic rings. The third-order valence-corrected chi connectivity index (χ3v) is 2.75. The predicted molar refractivity (Wildman–Crippen MR) is 61.5 cm³/mol. The zero-order valence-corrected chi connectivity index (χ0v) is 10.3. The average molecular weight is 259 g/mol. The largest absolute Gasteiger partial charge is 0.328 e. The van der Waals surface area contributed by atoms with Crippen molar-refractivity contribution in [2.24, 2.45) is 5.73 Å². The quantitative estimate of drug-likeness (QED) is 0.877. The van der Waals surface area contributed by atoms with E-state index in [0.717, 1.165) is 10.0 Å². The summed E-state index contributed by atoms with van der Waals surface area (Å²) in [5.74, 6) is 0. The van der Waals surface area contributed by atoms with E-state index in [4.69, 9.17) is 5.73 Å². The van der Waals surface area contributed by atoms with E-state index >= 15 is 0 Å². The molecule has 1 aromatic heterocycles. The van der Waals surface area contributed by atoms with Crippen LogP contribution in [0.25, 0.3) is 0 Å². The maximum Gasteiger partial charge on any atom is 0.254 e. The second kappa shape index (κ2) is 3.87. The highest BCUT2D eigenvalue weighted by molar-refractivity contribution is 9.10.